The fraction of sp³-hybridized carbons (Fsp3) is 0.400. The summed E-state index contributed by atoms with van der Waals surface area (Å²) in [5, 5.41) is 10.0. The van der Waals surface area contributed by atoms with Gasteiger partial charge in [0.1, 0.15) is 0 Å². The maximum Gasteiger partial charge on any atom is 0.0704 e. The zero-order valence-corrected chi connectivity index (χ0v) is 8.55. The van der Waals surface area contributed by atoms with Gasteiger partial charge < -0.3 is 10.8 Å². The van der Waals surface area contributed by atoms with Crippen molar-refractivity contribution < 1.29 is 5.11 Å². The highest BCUT2D eigenvalue weighted by Gasteiger charge is 2.12. The highest BCUT2D eigenvalue weighted by atomic mass is 35.5. The van der Waals surface area contributed by atoms with Crippen LogP contribution >= 0.6 is 11.6 Å². The summed E-state index contributed by atoms with van der Waals surface area (Å²) < 4.78 is 0. The molecule has 0 saturated heterocycles. The molecule has 13 heavy (non-hydrogen) atoms. The van der Waals surface area contributed by atoms with Crippen LogP contribution in [0.4, 0.5) is 0 Å². The first-order valence-corrected chi connectivity index (χ1v) is 4.60. The molecule has 72 valence electrons. The maximum absolute atomic E-state index is 9.28. The van der Waals surface area contributed by atoms with Gasteiger partial charge in [-0.25, -0.2) is 0 Å². The van der Waals surface area contributed by atoms with Crippen molar-refractivity contribution in [3.05, 3.63) is 34.3 Å². The van der Waals surface area contributed by atoms with Crippen LogP contribution in [0.25, 0.3) is 0 Å². The van der Waals surface area contributed by atoms with Crippen LogP contribution in [0.3, 0.4) is 0 Å². The molecular weight excluding hydrogens is 186 g/mol. The molecule has 1 aromatic rings. The third-order valence-corrected chi connectivity index (χ3v) is 2.51. The summed E-state index contributed by atoms with van der Waals surface area (Å²) in [6.45, 7) is 3.59. The lowest BCUT2D eigenvalue weighted by atomic mass is 10.0. The second kappa shape index (κ2) is 4.09. The second-order valence-corrected chi connectivity index (χ2v) is 3.68. The molecule has 1 aromatic carbocycles. The van der Waals surface area contributed by atoms with Gasteiger partial charge in [0, 0.05) is 5.02 Å². The molecule has 2 atom stereocenters. The Hall–Kier alpha value is -0.570. The van der Waals surface area contributed by atoms with Gasteiger partial charge in [-0.05, 0) is 31.0 Å². The van der Waals surface area contributed by atoms with Gasteiger partial charge in [0.2, 0.25) is 0 Å². The topological polar surface area (TPSA) is 46.2 Å². The Morgan fingerprint density at radius 2 is 2.08 bits per heavy atom. The average Bonchev–Trinajstić information content (AvgIpc) is 2.08. The van der Waals surface area contributed by atoms with E-state index < -0.39 is 6.10 Å². The van der Waals surface area contributed by atoms with E-state index in [2.05, 4.69) is 0 Å². The van der Waals surface area contributed by atoms with Gasteiger partial charge in [-0.2, -0.15) is 0 Å². The summed E-state index contributed by atoms with van der Waals surface area (Å²) in [6, 6.07) is 5.21. The summed E-state index contributed by atoms with van der Waals surface area (Å²) in [5.74, 6) is 0. The Morgan fingerprint density at radius 3 is 2.54 bits per heavy atom. The van der Waals surface area contributed by atoms with Crippen molar-refractivity contribution in [2.75, 3.05) is 0 Å². The van der Waals surface area contributed by atoms with Gasteiger partial charge in [0.15, 0.2) is 0 Å². The zero-order valence-electron chi connectivity index (χ0n) is 7.79. The van der Waals surface area contributed by atoms with Crippen LogP contribution in [0, 0.1) is 6.92 Å². The number of nitrogens with two attached hydrogens (primary N) is 1. The third kappa shape index (κ3) is 2.44. The lowest BCUT2D eigenvalue weighted by Crippen LogP contribution is -2.23. The van der Waals surface area contributed by atoms with Gasteiger partial charge in [-0.3, -0.25) is 0 Å². The molecule has 3 heteroatoms. The number of aliphatic hydroxyl groups excluding tert-OH is 1. The van der Waals surface area contributed by atoms with Gasteiger partial charge in [-0.1, -0.05) is 23.7 Å². The number of hydrogen-bond acceptors (Lipinski definition) is 2. The normalized spacial score (nSPS) is 15.5. The van der Waals surface area contributed by atoms with Crippen molar-refractivity contribution in [1.82, 2.24) is 0 Å². The van der Waals surface area contributed by atoms with Crippen LogP contribution in [0.5, 0.6) is 0 Å². The Bertz CT molecular complexity index is 299. The first kappa shape index (κ1) is 10.5. The number of rotatable bonds is 2. The molecule has 0 amide bonds. The minimum absolute atomic E-state index is 0.337. The van der Waals surface area contributed by atoms with Crippen molar-refractivity contribution in [1.29, 1.82) is 0 Å². The molecule has 0 spiro atoms. The summed E-state index contributed by atoms with van der Waals surface area (Å²) >= 11 is 5.86. The fourth-order valence-electron chi connectivity index (χ4n) is 1.15. The van der Waals surface area contributed by atoms with Crippen LogP contribution < -0.4 is 5.73 Å². The predicted octanol–water partition coefficient (Wildman–Crippen LogP) is 2.03. The minimum atomic E-state index is -0.541. The van der Waals surface area contributed by atoms with Crippen LogP contribution in [0.15, 0.2) is 18.2 Å². The number of halogens is 1. The summed E-state index contributed by atoms with van der Waals surface area (Å²) in [6.07, 6.45) is -0.541. The smallest absolute Gasteiger partial charge is 0.0704 e. The van der Waals surface area contributed by atoms with Crippen LogP contribution in [-0.4, -0.2) is 11.2 Å². The van der Waals surface area contributed by atoms with E-state index in [1.807, 2.05) is 19.1 Å². The molecule has 0 aromatic heterocycles. The number of hydrogen-bond donors (Lipinski definition) is 2. The van der Waals surface area contributed by atoms with E-state index in [1.54, 1.807) is 13.0 Å². The molecule has 0 bridgehead atoms. The Morgan fingerprint density at radius 1 is 1.46 bits per heavy atom. The molecular formula is C10H14ClNO. The minimum Gasteiger partial charge on any atom is -0.391 e. The summed E-state index contributed by atoms with van der Waals surface area (Å²) in [5.41, 5.74) is 7.66. The molecule has 0 unspecified atom stereocenters. The van der Waals surface area contributed by atoms with Crippen molar-refractivity contribution in [3.8, 4) is 0 Å². The monoisotopic (exact) mass is 199 g/mol. The van der Waals surface area contributed by atoms with Crippen molar-refractivity contribution >= 4 is 11.6 Å². The van der Waals surface area contributed by atoms with E-state index in [1.165, 1.54) is 0 Å². The molecule has 1 rings (SSSR count). The van der Waals surface area contributed by atoms with Crippen LogP contribution in [0.1, 0.15) is 24.1 Å². The van der Waals surface area contributed by atoms with E-state index in [4.69, 9.17) is 17.3 Å². The molecule has 0 heterocycles. The lowest BCUT2D eigenvalue weighted by Gasteiger charge is -2.15. The van der Waals surface area contributed by atoms with Crippen molar-refractivity contribution in [2.24, 2.45) is 5.73 Å². The van der Waals surface area contributed by atoms with E-state index in [-0.39, 0.29) is 6.04 Å². The summed E-state index contributed by atoms with van der Waals surface area (Å²) in [7, 11) is 0. The largest absolute Gasteiger partial charge is 0.391 e. The first-order chi connectivity index (χ1) is 6.02. The quantitative estimate of drug-likeness (QED) is 0.766. The SMILES string of the molecule is Cc1cc([C@@H](N)[C@H](C)O)ccc1Cl. The van der Waals surface area contributed by atoms with Crippen LogP contribution in [-0.2, 0) is 0 Å². The number of aliphatic hydroxyl groups is 1. The zero-order chi connectivity index (χ0) is 10.0. The Kier molecular flexibility index (Phi) is 3.31. The number of aryl methyl sites for hydroxylation is 1. The van der Waals surface area contributed by atoms with E-state index >= 15 is 0 Å². The van der Waals surface area contributed by atoms with Gasteiger partial charge in [0.05, 0.1) is 12.1 Å². The number of benzene rings is 1. The van der Waals surface area contributed by atoms with Crippen molar-refractivity contribution in [2.45, 2.75) is 26.0 Å². The standard InChI is InChI=1S/C10H14ClNO/c1-6-5-8(3-4-9(6)11)10(12)7(2)13/h3-5,7,10,13H,12H2,1-2H3/t7-,10-/m0/s1. The van der Waals surface area contributed by atoms with Gasteiger partial charge in [0.25, 0.3) is 0 Å². The molecule has 0 aliphatic rings. The maximum atomic E-state index is 9.28. The molecule has 0 aliphatic heterocycles. The van der Waals surface area contributed by atoms with E-state index in [0.717, 1.165) is 16.1 Å². The first-order valence-electron chi connectivity index (χ1n) is 4.22. The molecule has 3 N–H and O–H groups in total. The fourth-order valence-corrected chi connectivity index (χ4v) is 1.27. The molecule has 0 aliphatic carbocycles. The third-order valence-electron chi connectivity index (χ3n) is 2.09. The average molecular weight is 200 g/mol. The molecule has 0 saturated carbocycles. The molecule has 2 nitrogen and oxygen atoms in total. The van der Waals surface area contributed by atoms with Crippen molar-refractivity contribution in [3.63, 3.8) is 0 Å². The predicted molar refractivity (Wildman–Crippen MR) is 54.8 cm³/mol. The van der Waals surface area contributed by atoms with Crippen LogP contribution in [0.2, 0.25) is 5.02 Å². The van der Waals surface area contributed by atoms with Gasteiger partial charge >= 0.3 is 0 Å². The highest BCUT2D eigenvalue weighted by Crippen LogP contribution is 2.21. The summed E-state index contributed by atoms with van der Waals surface area (Å²) in [4.78, 5) is 0. The Labute approximate surface area is 83.3 Å². The highest BCUT2D eigenvalue weighted by molar-refractivity contribution is 6.31. The van der Waals surface area contributed by atoms with E-state index in [9.17, 15) is 5.11 Å². The Balaban J connectivity index is 2.97. The van der Waals surface area contributed by atoms with E-state index in [0.29, 0.717) is 0 Å². The lowest BCUT2D eigenvalue weighted by molar-refractivity contribution is 0.164. The van der Waals surface area contributed by atoms with Gasteiger partial charge in [-0.15, -0.1) is 0 Å². The molecule has 0 radical (unpaired) electrons. The second-order valence-electron chi connectivity index (χ2n) is 3.28. The molecule has 0 fully saturated rings.